The van der Waals surface area contributed by atoms with Crippen molar-refractivity contribution in [2.45, 2.75) is 5.75 Å². The number of carbonyl (C=O) groups is 1. The molecule has 0 radical (unpaired) electrons. The minimum Gasteiger partial charge on any atom is -0.352 e. The van der Waals surface area contributed by atoms with Gasteiger partial charge in [-0.25, -0.2) is 4.39 Å². The molecule has 0 heterocycles. The van der Waals surface area contributed by atoms with Gasteiger partial charge in [0.15, 0.2) is 0 Å². The Hall–Kier alpha value is -2.07. The molecule has 22 heavy (non-hydrogen) atoms. The maximum Gasteiger partial charge on any atom is 0.244 e. The summed E-state index contributed by atoms with van der Waals surface area (Å²) < 4.78 is 12.7. The van der Waals surface area contributed by atoms with Gasteiger partial charge in [0.25, 0.3) is 0 Å². The molecule has 0 saturated carbocycles. The molecule has 1 amide bonds. The minimum absolute atomic E-state index is 0.135. The van der Waals surface area contributed by atoms with E-state index in [9.17, 15) is 9.18 Å². The van der Waals surface area contributed by atoms with Crippen LogP contribution in [0.4, 0.5) is 4.39 Å². The topological polar surface area (TPSA) is 29.1 Å². The van der Waals surface area contributed by atoms with Gasteiger partial charge in [0.05, 0.1) is 0 Å². The number of benzene rings is 2. The van der Waals surface area contributed by atoms with E-state index in [1.165, 1.54) is 23.8 Å². The monoisotopic (exact) mass is 315 g/mol. The highest BCUT2D eigenvalue weighted by atomic mass is 32.2. The van der Waals surface area contributed by atoms with Crippen LogP contribution in [-0.4, -0.2) is 18.2 Å². The number of nitrogens with one attached hydrogen (secondary N) is 1. The Bertz CT molecular complexity index is 611. The van der Waals surface area contributed by atoms with Crippen LogP contribution in [0.25, 0.3) is 6.08 Å². The zero-order valence-electron chi connectivity index (χ0n) is 12.2. The lowest BCUT2D eigenvalue weighted by atomic mass is 10.2. The van der Waals surface area contributed by atoms with E-state index >= 15 is 0 Å². The predicted octanol–water partition coefficient (Wildman–Crippen LogP) is 3.89. The van der Waals surface area contributed by atoms with E-state index in [1.807, 2.05) is 18.2 Å². The Morgan fingerprint density at radius 2 is 1.82 bits per heavy atom. The third kappa shape index (κ3) is 6.14. The van der Waals surface area contributed by atoms with Crippen LogP contribution in [0.2, 0.25) is 0 Å². The lowest BCUT2D eigenvalue weighted by Gasteiger charge is -2.03. The fraction of sp³-hybridized carbons (Fsp3) is 0.167. The number of carbonyl (C=O) groups excluding carboxylic acids is 1. The number of thioether (sulfide) groups is 1. The molecular formula is C18H18FNOS. The maximum absolute atomic E-state index is 12.7. The summed E-state index contributed by atoms with van der Waals surface area (Å²) in [5.74, 6) is 1.40. The standard InChI is InChI=1S/C18H18FNOS/c19-17-9-6-15(7-10-17)8-11-18(21)20-12-13-22-14-16-4-2-1-3-5-16/h1-11H,12-14H2,(H,20,21)/b11-8+. The highest BCUT2D eigenvalue weighted by molar-refractivity contribution is 7.98. The molecule has 0 aliphatic heterocycles. The summed E-state index contributed by atoms with van der Waals surface area (Å²) in [6.07, 6.45) is 3.14. The van der Waals surface area contributed by atoms with E-state index in [4.69, 9.17) is 0 Å². The van der Waals surface area contributed by atoms with Gasteiger partial charge in [-0.2, -0.15) is 11.8 Å². The minimum atomic E-state index is -0.281. The Labute approximate surface area is 134 Å². The first-order chi connectivity index (χ1) is 10.7. The van der Waals surface area contributed by atoms with Crippen molar-refractivity contribution in [3.8, 4) is 0 Å². The van der Waals surface area contributed by atoms with Crippen LogP contribution in [0.15, 0.2) is 60.7 Å². The fourth-order valence-electron chi connectivity index (χ4n) is 1.82. The van der Waals surface area contributed by atoms with Crippen molar-refractivity contribution < 1.29 is 9.18 Å². The summed E-state index contributed by atoms with van der Waals surface area (Å²) in [6, 6.07) is 16.3. The highest BCUT2D eigenvalue weighted by Gasteiger charge is 1.96. The number of halogens is 1. The number of amides is 1. The Balaban J connectivity index is 1.62. The van der Waals surface area contributed by atoms with Gasteiger partial charge in [-0.15, -0.1) is 0 Å². The molecule has 0 unspecified atom stereocenters. The molecule has 2 rings (SSSR count). The maximum atomic E-state index is 12.7. The normalized spacial score (nSPS) is 10.8. The second-order valence-electron chi connectivity index (χ2n) is 4.71. The molecule has 2 aromatic carbocycles. The summed E-state index contributed by atoms with van der Waals surface area (Å²) in [5.41, 5.74) is 2.09. The van der Waals surface area contributed by atoms with Gasteiger partial charge in [-0.05, 0) is 29.3 Å². The van der Waals surface area contributed by atoms with Crippen LogP contribution in [0.5, 0.6) is 0 Å². The summed E-state index contributed by atoms with van der Waals surface area (Å²) >= 11 is 1.78. The van der Waals surface area contributed by atoms with Crippen molar-refractivity contribution in [1.29, 1.82) is 0 Å². The van der Waals surface area contributed by atoms with Crippen molar-refractivity contribution in [1.82, 2.24) is 5.32 Å². The molecule has 0 bridgehead atoms. The summed E-state index contributed by atoms with van der Waals surface area (Å²) in [4.78, 5) is 11.6. The van der Waals surface area contributed by atoms with Crippen LogP contribution in [0.3, 0.4) is 0 Å². The van der Waals surface area contributed by atoms with Crippen molar-refractivity contribution in [2.24, 2.45) is 0 Å². The van der Waals surface area contributed by atoms with Crippen LogP contribution >= 0.6 is 11.8 Å². The third-order valence-electron chi connectivity index (χ3n) is 2.95. The van der Waals surface area contributed by atoms with E-state index in [2.05, 4.69) is 17.4 Å². The first-order valence-electron chi connectivity index (χ1n) is 7.07. The Morgan fingerprint density at radius 1 is 1.09 bits per heavy atom. The quantitative estimate of drug-likeness (QED) is 0.620. The van der Waals surface area contributed by atoms with E-state index in [0.717, 1.165) is 17.1 Å². The predicted molar refractivity (Wildman–Crippen MR) is 91.0 cm³/mol. The Morgan fingerprint density at radius 3 is 2.55 bits per heavy atom. The van der Waals surface area contributed by atoms with Gasteiger partial charge >= 0.3 is 0 Å². The lowest BCUT2D eigenvalue weighted by Crippen LogP contribution is -2.23. The van der Waals surface area contributed by atoms with Gasteiger partial charge in [0.2, 0.25) is 5.91 Å². The highest BCUT2D eigenvalue weighted by Crippen LogP contribution is 2.10. The van der Waals surface area contributed by atoms with Crippen LogP contribution in [-0.2, 0) is 10.5 Å². The van der Waals surface area contributed by atoms with Crippen LogP contribution in [0, 0.1) is 5.82 Å². The summed E-state index contributed by atoms with van der Waals surface area (Å²) in [5, 5.41) is 2.83. The first kappa shape index (κ1) is 16.3. The van der Waals surface area contributed by atoms with Crippen molar-refractivity contribution in [3.05, 3.63) is 77.6 Å². The molecule has 0 spiro atoms. The summed E-state index contributed by atoms with van der Waals surface area (Å²) in [6.45, 7) is 0.629. The SMILES string of the molecule is O=C(/C=C/c1ccc(F)cc1)NCCSCc1ccccc1. The van der Waals surface area contributed by atoms with Gasteiger partial charge in [0.1, 0.15) is 5.82 Å². The molecule has 2 aromatic rings. The fourth-order valence-corrected chi connectivity index (χ4v) is 2.63. The van der Waals surface area contributed by atoms with E-state index in [0.29, 0.717) is 6.54 Å². The molecule has 0 atom stereocenters. The smallest absolute Gasteiger partial charge is 0.244 e. The van der Waals surface area contributed by atoms with Gasteiger partial charge in [0, 0.05) is 24.1 Å². The van der Waals surface area contributed by atoms with Crippen LogP contribution in [0.1, 0.15) is 11.1 Å². The number of rotatable bonds is 7. The van der Waals surface area contributed by atoms with Crippen molar-refractivity contribution in [3.63, 3.8) is 0 Å². The zero-order chi connectivity index (χ0) is 15.6. The molecule has 0 aromatic heterocycles. The first-order valence-corrected chi connectivity index (χ1v) is 8.22. The molecular weight excluding hydrogens is 297 g/mol. The Kier molecular flexibility index (Phi) is 6.71. The van der Waals surface area contributed by atoms with Gasteiger partial charge < -0.3 is 5.32 Å². The third-order valence-corrected chi connectivity index (χ3v) is 3.98. The molecule has 0 saturated heterocycles. The van der Waals surface area contributed by atoms with Crippen molar-refractivity contribution >= 4 is 23.7 Å². The molecule has 4 heteroatoms. The van der Waals surface area contributed by atoms with Crippen LogP contribution < -0.4 is 5.32 Å². The molecule has 0 fully saturated rings. The average molecular weight is 315 g/mol. The second kappa shape index (κ2) is 9.05. The van der Waals surface area contributed by atoms with E-state index in [1.54, 1.807) is 30.0 Å². The second-order valence-corrected chi connectivity index (χ2v) is 5.82. The molecule has 1 N–H and O–H groups in total. The van der Waals surface area contributed by atoms with E-state index in [-0.39, 0.29) is 11.7 Å². The molecule has 114 valence electrons. The zero-order valence-corrected chi connectivity index (χ0v) is 13.0. The van der Waals surface area contributed by atoms with Gasteiger partial charge in [-0.3, -0.25) is 4.79 Å². The average Bonchev–Trinajstić information content (AvgIpc) is 2.55. The number of hydrogen-bond donors (Lipinski definition) is 1. The number of hydrogen-bond acceptors (Lipinski definition) is 2. The molecule has 0 aliphatic rings. The lowest BCUT2D eigenvalue weighted by molar-refractivity contribution is -0.116. The van der Waals surface area contributed by atoms with E-state index < -0.39 is 0 Å². The molecule has 0 aliphatic carbocycles. The van der Waals surface area contributed by atoms with Crippen molar-refractivity contribution in [2.75, 3.05) is 12.3 Å². The summed E-state index contributed by atoms with van der Waals surface area (Å²) in [7, 11) is 0. The molecule has 2 nitrogen and oxygen atoms in total. The largest absolute Gasteiger partial charge is 0.352 e. The van der Waals surface area contributed by atoms with Gasteiger partial charge in [-0.1, -0.05) is 42.5 Å².